The largest absolute Gasteiger partial charge is 0.454 e. The monoisotopic (exact) mass is 399 g/mol. The Morgan fingerprint density at radius 2 is 1.47 bits per heavy atom. The molecule has 6 heteroatoms. The smallest absolute Gasteiger partial charge is 0.338 e. The molecule has 30 heavy (non-hydrogen) atoms. The van der Waals surface area contributed by atoms with Crippen molar-refractivity contribution in [1.29, 1.82) is 0 Å². The Hall–Kier alpha value is -4.06. The lowest BCUT2D eigenvalue weighted by molar-refractivity contribution is 0.0474. The van der Waals surface area contributed by atoms with Gasteiger partial charge >= 0.3 is 5.97 Å². The van der Waals surface area contributed by atoms with Gasteiger partial charge in [0.05, 0.1) is 22.4 Å². The standard InChI is InChI=1S/C24H17NO5/c1-15-7-5-6-10-20(15)25-22(27)18-12-11-17(13-19(18)23(25)28)24(29)30-14-21(26)16-8-3-2-4-9-16/h2-13H,14H2,1H3. The van der Waals surface area contributed by atoms with Crippen LogP contribution in [0.25, 0.3) is 0 Å². The van der Waals surface area contributed by atoms with E-state index < -0.39 is 24.4 Å². The second-order valence-corrected chi connectivity index (χ2v) is 6.86. The number of amides is 2. The summed E-state index contributed by atoms with van der Waals surface area (Å²) in [7, 11) is 0. The molecule has 0 aromatic heterocycles. The van der Waals surface area contributed by atoms with E-state index in [2.05, 4.69) is 0 Å². The van der Waals surface area contributed by atoms with E-state index >= 15 is 0 Å². The number of carbonyl (C=O) groups is 4. The molecule has 148 valence electrons. The number of anilines is 1. The van der Waals surface area contributed by atoms with Gasteiger partial charge in [0.25, 0.3) is 11.8 Å². The van der Waals surface area contributed by atoms with Crippen molar-refractivity contribution >= 4 is 29.3 Å². The number of ketones is 1. The van der Waals surface area contributed by atoms with Gasteiger partial charge in [0.1, 0.15) is 0 Å². The minimum Gasteiger partial charge on any atom is -0.454 e. The van der Waals surface area contributed by atoms with E-state index in [-0.39, 0.29) is 22.5 Å². The molecule has 4 rings (SSSR count). The van der Waals surface area contributed by atoms with Crippen LogP contribution in [-0.4, -0.2) is 30.2 Å². The van der Waals surface area contributed by atoms with Gasteiger partial charge in [-0.05, 0) is 36.8 Å². The summed E-state index contributed by atoms with van der Waals surface area (Å²) in [5, 5.41) is 0. The average Bonchev–Trinajstić information content (AvgIpc) is 3.02. The van der Waals surface area contributed by atoms with Gasteiger partial charge in [-0.1, -0.05) is 48.5 Å². The lowest BCUT2D eigenvalue weighted by atomic mass is 10.1. The van der Waals surface area contributed by atoms with Crippen LogP contribution < -0.4 is 4.90 Å². The van der Waals surface area contributed by atoms with E-state index in [0.29, 0.717) is 11.3 Å². The Kier molecular flexibility index (Phi) is 4.98. The molecule has 0 spiro atoms. The normalized spacial score (nSPS) is 12.6. The molecular formula is C24H17NO5. The third-order valence-electron chi connectivity index (χ3n) is 4.91. The number of nitrogens with zero attached hydrogens (tertiary/aromatic N) is 1. The van der Waals surface area contributed by atoms with Gasteiger partial charge in [-0.15, -0.1) is 0 Å². The highest BCUT2D eigenvalue weighted by molar-refractivity contribution is 6.34. The van der Waals surface area contributed by atoms with Gasteiger partial charge in [0.2, 0.25) is 0 Å². The summed E-state index contributed by atoms with van der Waals surface area (Å²) in [6.07, 6.45) is 0. The van der Waals surface area contributed by atoms with Crippen LogP contribution in [0.5, 0.6) is 0 Å². The number of ether oxygens (including phenoxy) is 1. The average molecular weight is 399 g/mol. The molecule has 0 atom stereocenters. The molecule has 0 N–H and O–H groups in total. The summed E-state index contributed by atoms with van der Waals surface area (Å²) in [5.74, 6) is -2.01. The molecule has 0 aliphatic carbocycles. The molecule has 0 unspecified atom stereocenters. The number of imide groups is 1. The first-order chi connectivity index (χ1) is 14.5. The molecular weight excluding hydrogens is 382 g/mol. The van der Waals surface area contributed by atoms with Gasteiger partial charge in [0.15, 0.2) is 12.4 Å². The maximum atomic E-state index is 12.9. The van der Waals surface area contributed by atoms with Gasteiger partial charge in [-0.25, -0.2) is 9.69 Å². The summed E-state index contributed by atoms with van der Waals surface area (Å²) >= 11 is 0. The number of fused-ring (bicyclic) bond motifs is 1. The quantitative estimate of drug-likeness (QED) is 0.370. The van der Waals surface area contributed by atoms with Crippen molar-refractivity contribution in [3.8, 4) is 0 Å². The van der Waals surface area contributed by atoms with Crippen molar-refractivity contribution in [3.63, 3.8) is 0 Å². The first-order valence-electron chi connectivity index (χ1n) is 9.31. The van der Waals surface area contributed by atoms with E-state index in [4.69, 9.17) is 4.74 Å². The highest BCUT2D eigenvalue weighted by Crippen LogP contribution is 2.31. The number of aryl methyl sites for hydroxylation is 1. The molecule has 0 radical (unpaired) electrons. The van der Waals surface area contributed by atoms with Gasteiger partial charge in [-0.2, -0.15) is 0 Å². The molecule has 1 aliphatic rings. The fourth-order valence-corrected chi connectivity index (χ4v) is 3.32. The molecule has 3 aromatic carbocycles. The minimum absolute atomic E-state index is 0.0994. The van der Waals surface area contributed by atoms with Gasteiger partial charge in [0, 0.05) is 5.56 Å². The third kappa shape index (κ3) is 3.39. The summed E-state index contributed by atoms with van der Waals surface area (Å²) in [6.45, 7) is 1.40. The number of hydrogen-bond acceptors (Lipinski definition) is 5. The number of benzene rings is 3. The van der Waals surface area contributed by atoms with Crippen LogP contribution in [0, 0.1) is 6.92 Å². The highest BCUT2D eigenvalue weighted by Gasteiger charge is 2.37. The molecule has 0 saturated carbocycles. The summed E-state index contributed by atoms with van der Waals surface area (Å²) in [4.78, 5) is 51.2. The lowest BCUT2D eigenvalue weighted by Gasteiger charge is -2.16. The van der Waals surface area contributed by atoms with Crippen LogP contribution >= 0.6 is 0 Å². The molecule has 0 bridgehead atoms. The van der Waals surface area contributed by atoms with Crippen molar-refractivity contribution in [3.05, 3.63) is 101 Å². The van der Waals surface area contributed by atoms with E-state index in [0.717, 1.165) is 10.5 Å². The van der Waals surface area contributed by atoms with E-state index in [1.165, 1.54) is 18.2 Å². The van der Waals surface area contributed by atoms with Crippen LogP contribution in [0.1, 0.15) is 47.0 Å². The molecule has 1 heterocycles. The van der Waals surface area contributed by atoms with Crippen molar-refractivity contribution in [1.82, 2.24) is 0 Å². The topological polar surface area (TPSA) is 80.8 Å². The Labute approximate surface area is 172 Å². The van der Waals surface area contributed by atoms with Gasteiger partial charge in [-0.3, -0.25) is 14.4 Å². The lowest BCUT2D eigenvalue weighted by Crippen LogP contribution is -2.29. The zero-order chi connectivity index (χ0) is 21.3. The van der Waals surface area contributed by atoms with Crippen molar-refractivity contribution in [2.45, 2.75) is 6.92 Å². The zero-order valence-electron chi connectivity index (χ0n) is 16.1. The SMILES string of the molecule is Cc1ccccc1N1C(=O)c2ccc(C(=O)OCC(=O)c3ccccc3)cc2C1=O. The number of hydrogen-bond donors (Lipinski definition) is 0. The number of para-hydroxylation sites is 1. The number of carbonyl (C=O) groups excluding carboxylic acids is 4. The molecule has 0 saturated heterocycles. The fraction of sp³-hybridized carbons (Fsp3) is 0.0833. The fourth-order valence-electron chi connectivity index (χ4n) is 3.32. The maximum Gasteiger partial charge on any atom is 0.338 e. The molecule has 1 aliphatic heterocycles. The third-order valence-corrected chi connectivity index (χ3v) is 4.91. The van der Waals surface area contributed by atoms with E-state index in [1.54, 1.807) is 42.5 Å². The highest BCUT2D eigenvalue weighted by atomic mass is 16.5. The first-order valence-corrected chi connectivity index (χ1v) is 9.31. The van der Waals surface area contributed by atoms with Crippen molar-refractivity contribution < 1.29 is 23.9 Å². The zero-order valence-corrected chi connectivity index (χ0v) is 16.1. The van der Waals surface area contributed by atoms with Crippen LogP contribution in [-0.2, 0) is 4.74 Å². The number of rotatable bonds is 5. The Morgan fingerprint density at radius 1 is 0.800 bits per heavy atom. The van der Waals surface area contributed by atoms with E-state index in [1.807, 2.05) is 19.1 Å². The van der Waals surface area contributed by atoms with Crippen molar-refractivity contribution in [2.24, 2.45) is 0 Å². The van der Waals surface area contributed by atoms with E-state index in [9.17, 15) is 19.2 Å². The Morgan fingerprint density at radius 3 is 2.20 bits per heavy atom. The van der Waals surface area contributed by atoms with Crippen LogP contribution in [0.15, 0.2) is 72.8 Å². The van der Waals surface area contributed by atoms with Crippen LogP contribution in [0.3, 0.4) is 0 Å². The number of Topliss-reactive ketones (excluding diaryl/α,β-unsaturated/α-hetero) is 1. The molecule has 6 nitrogen and oxygen atoms in total. The Bertz CT molecular complexity index is 1180. The predicted octanol–water partition coefficient (Wildman–Crippen LogP) is 3.84. The first kappa shape index (κ1) is 19.3. The van der Waals surface area contributed by atoms with Gasteiger partial charge < -0.3 is 4.74 Å². The second-order valence-electron chi connectivity index (χ2n) is 6.86. The second kappa shape index (κ2) is 7.75. The summed E-state index contributed by atoms with van der Waals surface area (Å²) in [5.41, 5.74) is 2.18. The van der Waals surface area contributed by atoms with Crippen LogP contribution in [0.4, 0.5) is 5.69 Å². The van der Waals surface area contributed by atoms with Crippen LogP contribution in [0.2, 0.25) is 0 Å². The summed E-state index contributed by atoms with van der Waals surface area (Å²) < 4.78 is 5.10. The molecule has 0 fully saturated rings. The molecule has 2 amide bonds. The number of esters is 1. The predicted molar refractivity (Wildman–Crippen MR) is 110 cm³/mol. The molecule has 3 aromatic rings. The Balaban J connectivity index is 1.53. The summed E-state index contributed by atoms with van der Waals surface area (Å²) in [6, 6.07) is 19.8. The minimum atomic E-state index is -0.739. The van der Waals surface area contributed by atoms with Crippen molar-refractivity contribution in [2.75, 3.05) is 11.5 Å². The maximum absolute atomic E-state index is 12.9.